The Hall–Kier alpha value is -1.56. The van der Waals surface area contributed by atoms with Crippen molar-refractivity contribution in [1.29, 1.82) is 0 Å². The highest BCUT2D eigenvalue weighted by Crippen LogP contribution is 2.29. The van der Waals surface area contributed by atoms with E-state index in [9.17, 15) is 4.79 Å². The summed E-state index contributed by atoms with van der Waals surface area (Å²) in [6.07, 6.45) is 4.97. The molecule has 1 aromatic rings. The molecular formula is C10H16N4O2. The van der Waals surface area contributed by atoms with Gasteiger partial charge < -0.3 is 15.7 Å². The van der Waals surface area contributed by atoms with Crippen LogP contribution in [-0.2, 0) is 11.8 Å². The van der Waals surface area contributed by atoms with Gasteiger partial charge in [0.2, 0.25) is 0 Å². The van der Waals surface area contributed by atoms with Gasteiger partial charge in [-0.1, -0.05) is 0 Å². The third-order valence-electron chi connectivity index (χ3n) is 3.05. The van der Waals surface area contributed by atoms with Crippen LogP contribution in [0.3, 0.4) is 0 Å². The second-order valence-electron chi connectivity index (χ2n) is 4.10. The van der Waals surface area contributed by atoms with E-state index in [0.717, 1.165) is 12.1 Å². The number of anilines is 1. The van der Waals surface area contributed by atoms with E-state index in [1.54, 1.807) is 10.9 Å². The van der Waals surface area contributed by atoms with Gasteiger partial charge in [-0.05, 0) is 12.8 Å². The molecule has 1 aliphatic rings. The van der Waals surface area contributed by atoms with Crippen molar-refractivity contribution in [1.82, 2.24) is 9.78 Å². The van der Waals surface area contributed by atoms with Crippen LogP contribution in [0.2, 0.25) is 0 Å². The zero-order valence-electron chi connectivity index (χ0n) is 9.21. The summed E-state index contributed by atoms with van der Waals surface area (Å²) in [5, 5.41) is 13.2. The molecule has 3 N–H and O–H groups in total. The average molecular weight is 224 g/mol. The molecule has 0 unspecified atom stereocenters. The maximum atomic E-state index is 11.1. The highest BCUT2D eigenvalue weighted by molar-refractivity contribution is 5.79. The van der Waals surface area contributed by atoms with Crippen molar-refractivity contribution < 1.29 is 9.90 Å². The highest BCUT2D eigenvalue weighted by Gasteiger charge is 2.37. The lowest BCUT2D eigenvalue weighted by atomic mass is 10.2. The fraction of sp³-hybridized carbons (Fsp3) is 0.600. The number of carboxylic acid groups (broad SMARTS) is 1. The van der Waals surface area contributed by atoms with Crippen LogP contribution in [0.1, 0.15) is 12.8 Å². The molecule has 88 valence electrons. The number of aliphatic carboxylic acids is 1. The summed E-state index contributed by atoms with van der Waals surface area (Å²) in [5.41, 5.74) is 6.50. The van der Waals surface area contributed by atoms with Gasteiger partial charge in [-0.3, -0.25) is 4.68 Å². The Balaban J connectivity index is 2.29. The molecule has 6 heteroatoms. The molecule has 1 saturated heterocycles. The van der Waals surface area contributed by atoms with Gasteiger partial charge in [-0.25, -0.2) is 4.79 Å². The molecule has 1 aromatic heterocycles. The Morgan fingerprint density at radius 3 is 2.94 bits per heavy atom. The average Bonchev–Trinajstić information content (AvgIpc) is 2.82. The van der Waals surface area contributed by atoms with Crippen molar-refractivity contribution in [3.8, 4) is 0 Å². The lowest BCUT2D eigenvalue weighted by Crippen LogP contribution is -2.43. The molecule has 2 rings (SSSR count). The molecule has 16 heavy (non-hydrogen) atoms. The number of hydrogen-bond acceptors (Lipinski definition) is 4. The van der Waals surface area contributed by atoms with E-state index in [4.69, 9.17) is 10.8 Å². The van der Waals surface area contributed by atoms with E-state index in [1.807, 2.05) is 18.1 Å². The van der Waals surface area contributed by atoms with E-state index in [-0.39, 0.29) is 6.04 Å². The topological polar surface area (TPSA) is 84.4 Å². The molecule has 0 saturated carbocycles. The first-order chi connectivity index (χ1) is 7.63. The van der Waals surface area contributed by atoms with Gasteiger partial charge in [0.25, 0.3) is 0 Å². The molecule has 0 bridgehead atoms. The second kappa shape index (κ2) is 4.13. The van der Waals surface area contributed by atoms with E-state index in [0.29, 0.717) is 13.0 Å². The highest BCUT2D eigenvalue weighted by atomic mass is 16.4. The minimum atomic E-state index is -0.792. The SMILES string of the molecule is Cn1cc(N2[C@H](CN)CC[C@@H]2C(=O)O)cn1. The van der Waals surface area contributed by atoms with Crippen LogP contribution < -0.4 is 10.6 Å². The number of rotatable bonds is 3. The zero-order chi connectivity index (χ0) is 11.7. The van der Waals surface area contributed by atoms with Gasteiger partial charge in [0.05, 0.1) is 11.9 Å². The molecule has 0 aliphatic carbocycles. The second-order valence-corrected chi connectivity index (χ2v) is 4.10. The van der Waals surface area contributed by atoms with Gasteiger partial charge in [0, 0.05) is 25.8 Å². The fourth-order valence-corrected chi connectivity index (χ4v) is 2.29. The number of carbonyl (C=O) groups is 1. The largest absolute Gasteiger partial charge is 0.480 e. The van der Waals surface area contributed by atoms with Crippen LogP contribution in [0.4, 0.5) is 5.69 Å². The number of aromatic nitrogens is 2. The Kier molecular flexibility index (Phi) is 2.82. The number of carboxylic acids is 1. The number of nitrogens with zero attached hydrogens (tertiary/aromatic N) is 3. The van der Waals surface area contributed by atoms with Crippen molar-refractivity contribution in [3.05, 3.63) is 12.4 Å². The van der Waals surface area contributed by atoms with Gasteiger partial charge in [-0.2, -0.15) is 5.10 Å². The molecule has 6 nitrogen and oxygen atoms in total. The minimum Gasteiger partial charge on any atom is -0.480 e. The summed E-state index contributed by atoms with van der Waals surface area (Å²) in [7, 11) is 1.81. The van der Waals surface area contributed by atoms with Gasteiger partial charge in [0.15, 0.2) is 0 Å². The fourth-order valence-electron chi connectivity index (χ4n) is 2.29. The molecule has 2 heterocycles. The predicted octanol–water partition coefficient (Wildman–Crippen LogP) is -0.199. The van der Waals surface area contributed by atoms with Gasteiger partial charge in [-0.15, -0.1) is 0 Å². The van der Waals surface area contributed by atoms with Crippen LogP contribution >= 0.6 is 0 Å². The summed E-state index contributed by atoms with van der Waals surface area (Å²) < 4.78 is 1.67. The van der Waals surface area contributed by atoms with Crippen molar-refractivity contribution in [2.45, 2.75) is 24.9 Å². The van der Waals surface area contributed by atoms with E-state index in [1.165, 1.54) is 0 Å². The monoisotopic (exact) mass is 224 g/mol. The van der Waals surface area contributed by atoms with Crippen molar-refractivity contribution in [3.63, 3.8) is 0 Å². The summed E-state index contributed by atoms with van der Waals surface area (Å²) in [4.78, 5) is 13.0. The van der Waals surface area contributed by atoms with E-state index in [2.05, 4.69) is 5.10 Å². The number of aryl methyl sites for hydroxylation is 1. The summed E-state index contributed by atoms with van der Waals surface area (Å²) in [6.45, 7) is 0.471. The lowest BCUT2D eigenvalue weighted by Gasteiger charge is -2.28. The Bertz CT molecular complexity index is 390. The van der Waals surface area contributed by atoms with Crippen molar-refractivity contribution >= 4 is 11.7 Å². The molecule has 0 aromatic carbocycles. The first-order valence-corrected chi connectivity index (χ1v) is 5.33. The Labute approximate surface area is 93.6 Å². The quantitative estimate of drug-likeness (QED) is 0.742. The van der Waals surface area contributed by atoms with Crippen LogP contribution in [-0.4, -0.2) is 39.5 Å². The molecule has 0 spiro atoms. The summed E-state index contributed by atoms with van der Waals surface area (Å²) in [5.74, 6) is -0.792. The van der Waals surface area contributed by atoms with Crippen LogP contribution in [0.25, 0.3) is 0 Å². The maximum Gasteiger partial charge on any atom is 0.326 e. The van der Waals surface area contributed by atoms with E-state index < -0.39 is 12.0 Å². The van der Waals surface area contributed by atoms with Gasteiger partial charge in [0.1, 0.15) is 6.04 Å². The van der Waals surface area contributed by atoms with Crippen molar-refractivity contribution in [2.24, 2.45) is 12.8 Å². The lowest BCUT2D eigenvalue weighted by molar-refractivity contribution is -0.138. The molecule has 1 aliphatic heterocycles. The first-order valence-electron chi connectivity index (χ1n) is 5.33. The molecule has 1 fully saturated rings. The van der Waals surface area contributed by atoms with Gasteiger partial charge >= 0.3 is 5.97 Å². The smallest absolute Gasteiger partial charge is 0.326 e. The summed E-state index contributed by atoms with van der Waals surface area (Å²) in [6, 6.07) is -0.372. The molecule has 2 atom stereocenters. The first kappa shape index (κ1) is 10.9. The zero-order valence-corrected chi connectivity index (χ0v) is 9.21. The number of nitrogens with two attached hydrogens (primary N) is 1. The molecule has 0 amide bonds. The molecular weight excluding hydrogens is 208 g/mol. The standard InChI is InChI=1S/C10H16N4O2/c1-13-6-8(5-12-13)14-7(4-11)2-3-9(14)10(15)16/h5-7,9H,2-4,11H2,1H3,(H,15,16)/t7-,9+/m0/s1. The van der Waals surface area contributed by atoms with Crippen LogP contribution in [0, 0.1) is 0 Å². The molecule has 0 radical (unpaired) electrons. The summed E-state index contributed by atoms with van der Waals surface area (Å²) >= 11 is 0. The predicted molar refractivity (Wildman–Crippen MR) is 59.2 cm³/mol. The van der Waals surface area contributed by atoms with Crippen LogP contribution in [0.5, 0.6) is 0 Å². The number of hydrogen-bond donors (Lipinski definition) is 2. The maximum absolute atomic E-state index is 11.1. The Morgan fingerprint density at radius 1 is 1.69 bits per heavy atom. The Morgan fingerprint density at radius 2 is 2.44 bits per heavy atom. The third-order valence-corrected chi connectivity index (χ3v) is 3.05. The van der Waals surface area contributed by atoms with E-state index >= 15 is 0 Å². The normalized spacial score (nSPS) is 25.0. The minimum absolute atomic E-state index is 0.102. The third kappa shape index (κ3) is 1.76. The van der Waals surface area contributed by atoms with Crippen molar-refractivity contribution in [2.75, 3.05) is 11.4 Å². The van der Waals surface area contributed by atoms with Crippen LogP contribution in [0.15, 0.2) is 12.4 Å².